The highest BCUT2D eigenvalue weighted by molar-refractivity contribution is 9.10. The maximum Gasteiger partial charge on any atom is 0.0700 e. The molecule has 0 aliphatic carbocycles. The summed E-state index contributed by atoms with van der Waals surface area (Å²) in [4.78, 5) is 0. The Morgan fingerprint density at radius 2 is 2.00 bits per heavy atom. The highest BCUT2D eigenvalue weighted by Gasteiger charge is 2.13. The van der Waals surface area contributed by atoms with E-state index in [0.29, 0.717) is 19.1 Å². The van der Waals surface area contributed by atoms with Crippen molar-refractivity contribution in [3.63, 3.8) is 0 Å². The lowest BCUT2D eigenvalue weighted by Gasteiger charge is -2.19. The standard InChI is InChI=1S/C16H26BrNO2/c1-3-9-18-13-14(8-10-20-12-11-19-2)15-6-4-5-7-16(15)17/h4-7,14,18H,3,8-13H2,1-2H3. The Hall–Kier alpha value is -0.420. The zero-order valence-electron chi connectivity index (χ0n) is 12.5. The van der Waals surface area contributed by atoms with Crippen LogP contribution in [0.2, 0.25) is 0 Å². The second-order valence-corrected chi connectivity index (χ2v) is 5.67. The number of nitrogens with one attached hydrogen (secondary N) is 1. The third kappa shape index (κ3) is 6.84. The zero-order valence-corrected chi connectivity index (χ0v) is 14.1. The Morgan fingerprint density at radius 3 is 2.70 bits per heavy atom. The van der Waals surface area contributed by atoms with Crippen LogP contribution in [0.1, 0.15) is 31.2 Å². The van der Waals surface area contributed by atoms with Gasteiger partial charge < -0.3 is 14.8 Å². The molecule has 1 aromatic rings. The molecule has 0 heterocycles. The number of benzene rings is 1. The molecule has 114 valence electrons. The highest BCUT2D eigenvalue weighted by atomic mass is 79.9. The molecule has 0 aliphatic heterocycles. The van der Waals surface area contributed by atoms with Gasteiger partial charge in [-0.15, -0.1) is 0 Å². The molecule has 0 radical (unpaired) electrons. The Labute approximate surface area is 131 Å². The quantitative estimate of drug-likeness (QED) is 0.623. The summed E-state index contributed by atoms with van der Waals surface area (Å²) in [5.41, 5.74) is 1.35. The number of halogens is 1. The molecule has 0 amide bonds. The fourth-order valence-corrected chi connectivity index (χ4v) is 2.71. The van der Waals surface area contributed by atoms with Gasteiger partial charge in [0.15, 0.2) is 0 Å². The molecule has 1 atom stereocenters. The SMILES string of the molecule is CCCNCC(CCOCCOC)c1ccccc1Br. The molecule has 0 aromatic heterocycles. The van der Waals surface area contributed by atoms with E-state index >= 15 is 0 Å². The average Bonchev–Trinajstić information content (AvgIpc) is 2.46. The van der Waals surface area contributed by atoms with Gasteiger partial charge in [0.2, 0.25) is 0 Å². The predicted molar refractivity (Wildman–Crippen MR) is 87.4 cm³/mol. The lowest BCUT2D eigenvalue weighted by Crippen LogP contribution is -2.23. The third-order valence-electron chi connectivity index (χ3n) is 3.21. The van der Waals surface area contributed by atoms with E-state index in [9.17, 15) is 0 Å². The lowest BCUT2D eigenvalue weighted by molar-refractivity contribution is 0.0669. The van der Waals surface area contributed by atoms with Crippen LogP contribution < -0.4 is 5.32 Å². The normalized spacial score (nSPS) is 12.6. The molecule has 0 saturated heterocycles. The first-order chi connectivity index (χ1) is 9.79. The molecule has 4 heteroatoms. The van der Waals surface area contributed by atoms with Gasteiger partial charge in [0.25, 0.3) is 0 Å². The second kappa shape index (κ2) is 11.3. The molecule has 3 nitrogen and oxygen atoms in total. The van der Waals surface area contributed by atoms with Gasteiger partial charge in [-0.3, -0.25) is 0 Å². The van der Waals surface area contributed by atoms with Crippen molar-refractivity contribution in [2.24, 2.45) is 0 Å². The van der Waals surface area contributed by atoms with Crippen LogP contribution in [0.4, 0.5) is 0 Å². The minimum Gasteiger partial charge on any atom is -0.382 e. The van der Waals surface area contributed by atoms with Gasteiger partial charge in [0.1, 0.15) is 0 Å². The fraction of sp³-hybridized carbons (Fsp3) is 0.625. The van der Waals surface area contributed by atoms with Crippen molar-refractivity contribution in [3.8, 4) is 0 Å². The van der Waals surface area contributed by atoms with E-state index < -0.39 is 0 Å². The summed E-state index contributed by atoms with van der Waals surface area (Å²) < 4.78 is 11.8. The lowest BCUT2D eigenvalue weighted by atomic mass is 9.96. The van der Waals surface area contributed by atoms with Crippen molar-refractivity contribution in [2.45, 2.75) is 25.7 Å². The van der Waals surface area contributed by atoms with Crippen molar-refractivity contribution in [1.29, 1.82) is 0 Å². The number of methoxy groups -OCH3 is 1. The average molecular weight is 344 g/mol. The first-order valence-electron chi connectivity index (χ1n) is 7.31. The van der Waals surface area contributed by atoms with Gasteiger partial charge in [-0.2, -0.15) is 0 Å². The molecule has 0 saturated carbocycles. The second-order valence-electron chi connectivity index (χ2n) is 4.82. The van der Waals surface area contributed by atoms with Gasteiger partial charge in [-0.05, 0) is 36.9 Å². The molecule has 0 spiro atoms. The van der Waals surface area contributed by atoms with E-state index in [1.165, 1.54) is 10.0 Å². The smallest absolute Gasteiger partial charge is 0.0700 e. The summed E-state index contributed by atoms with van der Waals surface area (Å²) in [6.07, 6.45) is 2.18. The summed E-state index contributed by atoms with van der Waals surface area (Å²) in [5.74, 6) is 0.472. The molecule has 1 rings (SSSR count). The molecule has 0 fully saturated rings. The summed E-state index contributed by atoms with van der Waals surface area (Å²) in [6.45, 7) is 6.34. The van der Waals surface area contributed by atoms with Crippen LogP contribution in [0.3, 0.4) is 0 Å². The van der Waals surface area contributed by atoms with Crippen molar-refractivity contribution in [1.82, 2.24) is 5.32 Å². The van der Waals surface area contributed by atoms with Gasteiger partial charge in [-0.1, -0.05) is 41.1 Å². The van der Waals surface area contributed by atoms with Crippen LogP contribution in [0.25, 0.3) is 0 Å². The van der Waals surface area contributed by atoms with Crippen molar-refractivity contribution >= 4 is 15.9 Å². The molecular formula is C16H26BrNO2. The van der Waals surface area contributed by atoms with Crippen molar-refractivity contribution < 1.29 is 9.47 Å². The highest BCUT2D eigenvalue weighted by Crippen LogP contribution is 2.27. The predicted octanol–water partition coefficient (Wildman–Crippen LogP) is 3.59. The first-order valence-corrected chi connectivity index (χ1v) is 8.10. The summed E-state index contributed by atoms with van der Waals surface area (Å²) >= 11 is 3.65. The molecular weight excluding hydrogens is 318 g/mol. The van der Waals surface area contributed by atoms with Crippen LogP contribution in [-0.2, 0) is 9.47 Å². The molecule has 1 N–H and O–H groups in total. The third-order valence-corrected chi connectivity index (χ3v) is 3.93. The van der Waals surface area contributed by atoms with E-state index in [-0.39, 0.29) is 0 Å². The van der Waals surface area contributed by atoms with E-state index in [1.807, 2.05) is 0 Å². The Bertz CT molecular complexity index is 360. The van der Waals surface area contributed by atoms with Crippen LogP contribution in [0.15, 0.2) is 28.7 Å². The van der Waals surface area contributed by atoms with Crippen molar-refractivity contribution in [2.75, 3.05) is 40.0 Å². The van der Waals surface area contributed by atoms with Crippen LogP contribution in [-0.4, -0.2) is 40.0 Å². The Balaban J connectivity index is 2.49. The van der Waals surface area contributed by atoms with E-state index in [4.69, 9.17) is 9.47 Å². The van der Waals surface area contributed by atoms with E-state index in [0.717, 1.165) is 32.5 Å². The Morgan fingerprint density at radius 1 is 1.20 bits per heavy atom. The largest absolute Gasteiger partial charge is 0.382 e. The topological polar surface area (TPSA) is 30.5 Å². The number of ether oxygens (including phenoxy) is 2. The van der Waals surface area contributed by atoms with Crippen molar-refractivity contribution in [3.05, 3.63) is 34.3 Å². The maximum atomic E-state index is 5.60. The van der Waals surface area contributed by atoms with Gasteiger partial charge in [0.05, 0.1) is 13.2 Å². The molecule has 20 heavy (non-hydrogen) atoms. The van der Waals surface area contributed by atoms with E-state index in [1.54, 1.807) is 7.11 Å². The van der Waals surface area contributed by atoms with Gasteiger partial charge in [0, 0.05) is 24.7 Å². The number of hydrogen-bond acceptors (Lipinski definition) is 3. The molecule has 0 aliphatic rings. The molecule has 1 unspecified atom stereocenters. The number of hydrogen-bond donors (Lipinski definition) is 1. The molecule has 1 aromatic carbocycles. The summed E-state index contributed by atoms with van der Waals surface area (Å²) in [6, 6.07) is 8.45. The van der Waals surface area contributed by atoms with E-state index in [2.05, 4.69) is 52.4 Å². The maximum absolute atomic E-state index is 5.60. The first kappa shape index (κ1) is 17.6. The molecule has 0 bridgehead atoms. The summed E-state index contributed by atoms with van der Waals surface area (Å²) in [7, 11) is 1.70. The number of rotatable bonds is 11. The summed E-state index contributed by atoms with van der Waals surface area (Å²) in [5, 5.41) is 3.51. The zero-order chi connectivity index (χ0) is 14.6. The monoisotopic (exact) mass is 343 g/mol. The minimum absolute atomic E-state index is 0.472. The van der Waals surface area contributed by atoms with Crippen LogP contribution in [0, 0.1) is 0 Å². The fourth-order valence-electron chi connectivity index (χ4n) is 2.10. The minimum atomic E-state index is 0.472. The Kier molecular flexibility index (Phi) is 9.93. The van der Waals surface area contributed by atoms with Gasteiger partial charge in [-0.25, -0.2) is 0 Å². The van der Waals surface area contributed by atoms with Crippen LogP contribution in [0.5, 0.6) is 0 Å². The van der Waals surface area contributed by atoms with Gasteiger partial charge >= 0.3 is 0 Å². The van der Waals surface area contributed by atoms with Crippen LogP contribution >= 0.6 is 15.9 Å².